The lowest BCUT2D eigenvalue weighted by Crippen LogP contribution is -2.16. The Morgan fingerprint density at radius 2 is 1.73 bits per heavy atom. The minimum absolute atomic E-state index is 0.0936. The number of rotatable bonds is 9. The van der Waals surface area contributed by atoms with E-state index in [2.05, 4.69) is 25.5 Å². The number of carbonyl (C=O) groups excluding carboxylic acids is 1. The average Bonchev–Trinajstić information content (AvgIpc) is 3.79. The van der Waals surface area contributed by atoms with Gasteiger partial charge in [0.05, 0.1) is 46.1 Å². The number of halogens is 6. The Hall–Kier alpha value is -5.08. The Morgan fingerprint density at radius 3 is 2.38 bits per heavy atom. The maximum Gasteiger partial charge on any atom is 0.333 e. The molecular formula is C29H19Cl2F4N9O. The number of carbonyl (C=O) groups is 1. The van der Waals surface area contributed by atoms with Crippen molar-refractivity contribution >= 4 is 29.1 Å². The van der Waals surface area contributed by atoms with Gasteiger partial charge in [-0.2, -0.15) is 19.0 Å². The SMILES string of the molecule is NC(=O)c1ccc(-c2cnn([C@H](Cc3ccn(C(F)F)n3)c3ccc(-c4c(-n5cc(Cl)nn5)ccc(Cl)c4F)cn3)c2)cc1F. The molecule has 0 saturated carbocycles. The van der Waals surface area contributed by atoms with Crippen molar-refractivity contribution < 1.29 is 22.4 Å². The van der Waals surface area contributed by atoms with E-state index in [4.69, 9.17) is 28.9 Å². The number of nitrogens with two attached hydrogens (primary N) is 1. The monoisotopic (exact) mass is 655 g/mol. The van der Waals surface area contributed by atoms with Gasteiger partial charge >= 0.3 is 6.55 Å². The Labute approximate surface area is 261 Å². The first-order chi connectivity index (χ1) is 21.6. The molecule has 4 heterocycles. The molecule has 6 rings (SSSR count). The molecule has 6 aromatic rings. The van der Waals surface area contributed by atoms with E-state index in [9.17, 15) is 18.0 Å². The molecule has 10 nitrogen and oxygen atoms in total. The van der Waals surface area contributed by atoms with E-state index in [-0.39, 0.29) is 27.7 Å². The van der Waals surface area contributed by atoms with Crippen LogP contribution in [0.3, 0.4) is 0 Å². The largest absolute Gasteiger partial charge is 0.366 e. The van der Waals surface area contributed by atoms with Crippen molar-refractivity contribution in [2.75, 3.05) is 0 Å². The molecule has 0 aliphatic rings. The standard InChI is InChI=1S/C29H19Cl2F4N9O/c30-20-4-6-23(44-14-25(31)39-41-44)26(27(20)33)16-2-5-22(37-11-16)24(10-18-7-8-42(40-18)29(34)35)43-13-17(12-38-43)15-1-3-19(28(36)45)21(32)9-15/h1-9,11-14,24,29H,10H2,(H2,36,45)/t24-/m1/s1. The van der Waals surface area contributed by atoms with Gasteiger partial charge in [-0.15, -0.1) is 5.10 Å². The zero-order valence-electron chi connectivity index (χ0n) is 22.7. The van der Waals surface area contributed by atoms with Gasteiger partial charge in [-0.25, -0.2) is 18.1 Å². The van der Waals surface area contributed by atoms with E-state index in [1.165, 1.54) is 52.2 Å². The summed E-state index contributed by atoms with van der Waals surface area (Å²) in [6, 6.07) is 10.9. The fourth-order valence-corrected chi connectivity index (χ4v) is 5.08. The van der Waals surface area contributed by atoms with E-state index in [0.29, 0.717) is 38.4 Å². The zero-order valence-corrected chi connectivity index (χ0v) is 24.2. The van der Waals surface area contributed by atoms with E-state index >= 15 is 4.39 Å². The van der Waals surface area contributed by atoms with Gasteiger partial charge in [-0.3, -0.25) is 14.5 Å². The second-order valence-electron chi connectivity index (χ2n) is 9.77. The van der Waals surface area contributed by atoms with Crippen LogP contribution in [0, 0.1) is 11.6 Å². The molecule has 0 radical (unpaired) electrons. The first-order valence-corrected chi connectivity index (χ1v) is 13.8. The summed E-state index contributed by atoms with van der Waals surface area (Å²) in [6.07, 6.45) is 7.19. The minimum atomic E-state index is -2.83. The smallest absolute Gasteiger partial charge is 0.333 e. The number of hydrogen-bond donors (Lipinski definition) is 1. The Bertz CT molecular complexity index is 2020. The van der Waals surface area contributed by atoms with Gasteiger partial charge in [0.25, 0.3) is 5.91 Å². The van der Waals surface area contributed by atoms with Crippen molar-refractivity contribution in [3.05, 3.63) is 118 Å². The molecule has 0 aliphatic carbocycles. The van der Waals surface area contributed by atoms with Gasteiger partial charge in [0, 0.05) is 41.7 Å². The highest BCUT2D eigenvalue weighted by Gasteiger charge is 2.23. The summed E-state index contributed by atoms with van der Waals surface area (Å²) in [5.74, 6) is -2.40. The van der Waals surface area contributed by atoms with E-state index in [1.54, 1.807) is 24.4 Å². The van der Waals surface area contributed by atoms with Gasteiger partial charge in [0.15, 0.2) is 11.0 Å². The molecule has 0 unspecified atom stereocenters. The zero-order chi connectivity index (χ0) is 31.8. The Balaban J connectivity index is 1.39. The molecule has 0 saturated heterocycles. The predicted octanol–water partition coefficient (Wildman–Crippen LogP) is 6.30. The van der Waals surface area contributed by atoms with E-state index < -0.39 is 30.1 Å². The lowest BCUT2D eigenvalue weighted by atomic mass is 10.0. The second-order valence-corrected chi connectivity index (χ2v) is 10.6. The topological polar surface area (TPSA) is 122 Å². The van der Waals surface area contributed by atoms with Crippen LogP contribution in [0.5, 0.6) is 0 Å². The van der Waals surface area contributed by atoms with Crippen molar-refractivity contribution in [3.8, 4) is 27.9 Å². The number of amides is 1. The summed E-state index contributed by atoms with van der Waals surface area (Å²) in [7, 11) is 0. The van der Waals surface area contributed by atoms with Crippen LogP contribution in [0.25, 0.3) is 27.9 Å². The third-order valence-corrected chi connectivity index (χ3v) is 7.42. The lowest BCUT2D eigenvalue weighted by Gasteiger charge is -2.17. The van der Waals surface area contributed by atoms with Crippen molar-refractivity contribution in [1.82, 2.24) is 39.5 Å². The summed E-state index contributed by atoms with van der Waals surface area (Å²) < 4.78 is 59.7. The number of benzene rings is 2. The molecule has 0 aliphatic heterocycles. The molecule has 4 aromatic heterocycles. The van der Waals surface area contributed by atoms with Gasteiger partial charge in [0.2, 0.25) is 0 Å². The first kappa shape index (κ1) is 30.0. The Morgan fingerprint density at radius 1 is 0.933 bits per heavy atom. The highest BCUT2D eigenvalue weighted by Crippen LogP contribution is 2.34. The number of aromatic nitrogens is 8. The van der Waals surface area contributed by atoms with E-state index in [1.807, 2.05) is 0 Å². The molecule has 16 heteroatoms. The molecule has 1 amide bonds. The quantitative estimate of drug-likeness (QED) is 0.182. The lowest BCUT2D eigenvalue weighted by molar-refractivity contribution is 0.0561. The number of primary amides is 1. The van der Waals surface area contributed by atoms with Crippen LogP contribution in [0.4, 0.5) is 17.6 Å². The summed E-state index contributed by atoms with van der Waals surface area (Å²) in [5, 5.41) is 16.0. The van der Waals surface area contributed by atoms with Crippen LogP contribution in [0.1, 0.15) is 34.3 Å². The number of pyridine rings is 1. The molecule has 0 fully saturated rings. The van der Waals surface area contributed by atoms with Gasteiger partial charge < -0.3 is 5.73 Å². The van der Waals surface area contributed by atoms with Gasteiger partial charge in [-0.05, 0) is 42.0 Å². The summed E-state index contributed by atoms with van der Waals surface area (Å²) in [4.78, 5) is 16.0. The first-order valence-electron chi connectivity index (χ1n) is 13.1. The molecule has 1 atom stereocenters. The highest BCUT2D eigenvalue weighted by molar-refractivity contribution is 6.31. The fourth-order valence-electron chi connectivity index (χ4n) is 4.80. The average molecular weight is 656 g/mol. The molecule has 2 N–H and O–H groups in total. The van der Waals surface area contributed by atoms with Crippen molar-refractivity contribution in [1.29, 1.82) is 0 Å². The molecule has 2 aromatic carbocycles. The molecule has 0 spiro atoms. The summed E-state index contributed by atoms with van der Waals surface area (Å²) in [6.45, 7) is -2.83. The number of alkyl halides is 2. The van der Waals surface area contributed by atoms with Crippen LogP contribution < -0.4 is 5.73 Å². The normalized spacial score (nSPS) is 12.2. The van der Waals surface area contributed by atoms with Crippen LogP contribution in [0.2, 0.25) is 10.2 Å². The highest BCUT2D eigenvalue weighted by atomic mass is 35.5. The van der Waals surface area contributed by atoms with Gasteiger partial charge in [0.1, 0.15) is 5.82 Å². The maximum absolute atomic E-state index is 15.4. The summed E-state index contributed by atoms with van der Waals surface area (Å²) >= 11 is 12.0. The molecule has 228 valence electrons. The summed E-state index contributed by atoms with van der Waals surface area (Å²) in [5.41, 5.74) is 7.40. The third-order valence-electron chi connectivity index (χ3n) is 6.96. The molecular weight excluding hydrogens is 637 g/mol. The number of hydrogen-bond acceptors (Lipinski definition) is 6. The maximum atomic E-state index is 15.4. The fraction of sp³-hybridized carbons (Fsp3) is 0.103. The molecule has 45 heavy (non-hydrogen) atoms. The molecule has 0 bridgehead atoms. The number of nitrogens with zero attached hydrogens (tertiary/aromatic N) is 8. The van der Waals surface area contributed by atoms with Gasteiger partial charge in [-0.1, -0.05) is 40.5 Å². The second kappa shape index (κ2) is 12.1. The van der Waals surface area contributed by atoms with Crippen LogP contribution in [-0.2, 0) is 6.42 Å². The third kappa shape index (κ3) is 6.01. The minimum Gasteiger partial charge on any atom is -0.366 e. The van der Waals surface area contributed by atoms with Crippen molar-refractivity contribution in [2.24, 2.45) is 5.73 Å². The van der Waals surface area contributed by atoms with Crippen LogP contribution in [-0.4, -0.2) is 45.4 Å². The van der Waals surface area contributed by atoms with Crippen LogP contribution >= 0.6 is 23.2 Å². The van der Waals surface area contributed by atoms with Crippen LogP contribution in [0.15, 0.2) is 79.5 Å². The Kier molecular flexibility index (Phi) is 8.08. The predicted molar refractivity (Wildman–Crippen MR) is 156 cm³/mol. The van der Waals surface area contributed by atoms with Crippen molar-refractivity contribution in [2.45, 2.75) is 19.0 Å². The van der Waals surface area contributed by atoms with E-state index in [0.717, 1.165) is 12.3 Å². The van der Waals surface area contributed by atoms with Crippen molar-refractivity contribution in [3.63, 3.8) is 0 Å².